The summed E-state index contributed by atoms with van der Waals surface area (Å²) >= 11 is 0. The van der Waals surface area contributed by atoms with Crippen LogP contribution < -0.4 is 4.74 Å². The van der Waals surface area contributed by atoms with Gasteiger partial charge in [-0.15, -0.1) is 0 Å². The van der Waals surface area contributed by atoms with Gasteiger partial charge in [-0.2, -0.15) is 0 Å². The summed E-state index contributed by atoms with van der Waals surface area (Å²) in [6.45, 7) is 2.46. The lowest BCUT2D eigenvalue weighted by Gasteiger charge is -2.24. The van der Waals surface area contributed by atoms with E-state index in [0.29, 0.717) is 17.9 Å². The van der Waals surface area contributed by atoms with Crippen LogP contribution in [0.3, 0.4) is 0 Å². The second kappa shape index (κ2) is 6.32. The van der Waals surface area contributed by atoms with Crippen molar-refractivity contribution in [2.24, 2.45) is 0 Å². The Morgan fingerprint density at radius 1 is 1.39 bits per heavy atom. The minimum atomic E-state index is -0.535. The number of aryl methyl sites for hydroxylation is 1. The maximum absolute atomic E-state index is 13.9. The molecule has 0 unspecified atom stereocenters. The third-order valence-corrected chi connectivity index (χ3v) is 4.05. The number of amides is 1. The van der Waals surface area contributed by atoms with Gasteiger partial charge in [-0.1, -0.05) is 0 Å². The average Bonchev–Trinajstić information content (AvgIpc) is 3.03. The monoisotopic (exact) mass is 315 g/mol. The molecule has 5 nitrogen and oxygen atoms in total. The molecule has 1 saturated heterocycles. The second-order valence-electron chi connectivity index (χ2n) is 5.53. The molecule has 1 aromatic carbocycles. The maximum atomic E-state index is 13.9. The number of ether oxygens (including phenoxy) is 1. The van der Waals surface area contributed by atoms with Crippen LogP contribution in [0.15, 0.2) is 30.5 Å². The summed E-state index contributed by atoms with van der Waals surface area (Å²) in [5, 5.41) is 0. The highest BCUT2D eigenvalue weighted by atomic mass is 19.1. The van der Waals surface area contributed by atoms with Gasteiger partial charge in [-0.25, -0.2) is 14.4 Å². The quantitative estimate of drug-likeness (QED) is 0.874. The van der Waals surface area contributed by atoms with E-state index < -0.39 is 5.82 Å². The zero-order valence-electron chi connectivity index (χ0n) is 13.1. The lowest BCUT2D eigenvalue weighted by Crippen LogP contribution is -2.31. The topological polar surface area (TPSA) is 55.3 Å². The molecule has 1 fully saturated rings. The van der Waals surface area contributed by atoms with Gasteiger partial charge in [0.2, 0.25) is 0 Å². The molecule has 0 radical (unpaired) electrons. The number of carbonyl (C=O) groups excluding carboxylic acids is 1. The lowest BCUT2D eigenvalue weighted by molar-refractivity contribution is 0.0732. The predicted molar refractivity (Wildman–Crippen MR) is 82.7 cm³/mol. The number of hydrogen-bond acceptors (Lipinski definition) is 4. The minimum Gasteiger partial charge on any atom is -0.494 e. The van der Waals surface area contributed by atoms with E-state index in [1.54, 1.807) is 17.2 Å². The Hall–Kier alpha value is -2.50. The van der Waals surface area contributed by atoms with E-state index in [0.717, 1.165) is 18.5 Å². The van der Waals surface area contributed by atoms with E-state index in [9.17, 15) is 9.18 Å². The third kappa shape index (κ3) is 3.02. The summed E-state index contributed by atoms with van der Waals surface area (Å²) in [5.41, 5.74) is 1.15. The number of methoxy groups -OCH3 is 1. The molecule has 0 spiro atoms. The van der Waals surface area contributed by atoms with Crippen LogP contribution in [0.1, 0.15) is 40.8 Å². The van der Waals surface area contributed by atoms with Crippen molar-refractivity contribution in [3.05, 3.63) is 53.4 Å². The number of rotatable bonds is 3. The van der Waals surface area contributed by atoms with Crippen LogP contribution in [0.5, 0.6) is 5.75 Å². The maximum Gasteiger partial charge on any atom is 0.254 e. The van der Waals surface area contributed by atoms with Crippen molar-refractivity contribution in [1.82, 2.24) is 14.9 Å². The standard InChI is InChI=1S/C17H18FN3O2/c1-11-19-8-7-14(20-11)15-4-3-9-21(15)17(22)12-5-6-16(23-2)13(18)10-12/h5-8,10,15H,3-4,9H2,1-2H3/t15-/m0/s1. The molecule has 1 amide bonds. The fourth-order valence-corrected chi connectivity index (χ4v) is 2.94. The van der Waals surface area contributed by atoms with E-state index in [2.05, 4.69) is 9.97 Å². The van der Waals surface area contributed by atoms with Crippen LogP contribution >= 0.6 is 0 Å². The largest absolute Gasteiger partial charge is 0.494 e. The highest BCUT2D eigenvalue weighted by Crippen LogP contribution is 2.32. The highest BCUT2D eigenvalue weighted by molar-refractivity contribution is 5.94. The first kappa shape index (κ1) is 15.4. The van der Waals surface area contributed by atoms with Crippen molar-refractivity contribution in [1.29, 1.82) is 0 Å². The smallest absolute Gasteiger partial charge is 0.254 e. The van der Waals surface area contributed by atoms with Crippen LogP contribution in [0, 0.1) is 12.7 Å². The average molecular weight is 315 g/mol. The van der Waals surface area contributed by atoms with Gasteiger partial charge in [-0.05, 0) is 44.0 Å². The zero-order chi connectivity index (χ0) is 16.4. The summed E-state index contributed by atoms with van der Waals surface area (Å²) in [5.74, 6) is 0.0838. The van der Waals surface area contributed by atoms with Gasteiger partial charge in [0.25, 0.3) is 5.91 Å². The number of nitrogens with zero attached hydrogens (tertiary/aromatic N) is 3. The van der Waals surface area contributed by atoms with Crippen molar-refractivity contribution >= 4 is 5.91 Å². The molecule has 1 aliphatic heterocycles. The second-order valence-corrected chi connectivity index (χ2v) is 5.53. The van der Waals surface area contributed by atoms with Crippen molar-refractivity contribution in [3.8, 4) is 5.75 Å². The summed E-state index contributed by atoms with van der Waals surface area (Å²) in [7, 11) is 1.40. The molecular weight excluding hydrogens is 297 g/mol. The summed E-state index contributed by atoms with van der Waals surface area (Å²) in [6.07, 6.45) is 3.45. The van der Waals surface area contributed by atoms with Crippen molar-refractivity contribution in [2.75, 3.05) is 13.7 Å². The first-order valence-corrected chi connectivity index (χ1v) is 7.54. The van der Waals surface area contributed by atoms with Crippen molar-refractivity contribution in [3.63, 3.8) is 0 Å². The van der Waals surface area contributed by atoms with Gasteiger partial charge < -0.3 is 9.64 Å². The number of aromatic nitrogens is 2. The Morgan fingerprint density at radius 3 is 2.91 bits per heavy atom. The summed E-state index contributed by atoms with van der Waals surface area (Å²) < 4.78 is 18.7. The fourth-order valence-electron chi connectivity index (χ4n) is 2.94. The predicted octanol–water partition coefficient (Wildman–Crippen LogP) is 2.91. The van der Waals surface area contributed by atoms with Crippen LogP contribution in [0.2, 0.25) is 0 Å². The van der Waals surface area contributed by atoms with Crippen molar-refractivity contribution in [2.45, 2.75) is 25.8 Å². The molecule has 120 valence electrons. The SMILES string of the molecule is COc1ccc(C(=O)N2CCC[C@H]2c2ccnc(C)n2)cc1F. The van der Waals surface area contributed by atoms with Crippen LogP contribution in [0.25, 0.3) is 0 Å². The molecule has 2 aromatic rings. The molecular formula is C17H18FN3O2. The van der Waals surface area contributed by atoms with Gasteiger partial charge in [0.1, 0.15) is 5.82 Å². The summed E-state index contributed by atoms with van der Waals surface area (Å²) in [6, 6.07) is 6.03. The van der Waals surface area contributed by atoms with Crippen LogP contribution in [0.4, 0.5) is 4.39 Å². The lowest BCUT2D eigenvalue weighted by atomic mass is 10.1. The first-order chi connectivity index (χ1) is 11.1. The van der Waals surface area contributed by atoms with Gasteiger partial charge in [0.15, 0.2) is 11.6 Å². The molecule has 2 heterocycles. The van der Waals surface area contributed by atoms with Gasteiger partial charge >= 0.3 is 0 Å². The Morgan fingerprint density at radius 2 is 2.22 bits per heavy atom. The van der Waals surface area contributed by atoms with E-state index >= 15 is 0 Å². The number of hydrogen-bond donors (Lipinski definition) is 0. The fraction of sp³-hybridized carbons (Fsp3) is 0.353. The highest BCUT2D eigenvalue weighted by Gasteiger charge is 2.31. The third-order valence-electron chi connectivity index (χ3n) is 4.05. The van der Waals surface area contributed by atoms with E-state index in [-0.39, 0.29) is 17.7 Å². The molecule has 1 aromatic heterocycles. The van der Waals surface area contributed by atoms with Crippen molar-refractivity contribution < 1.29 is 13.9 Å². The summed E-state index contributed by atoms with van der Waals surface area (Å²) in [4.78, 5) is 23.0. The number of carbonyl (C=O) groups is 1. The Balaban J connectivity index is 1.87. The molecule has 0 aliphatic carbocycles. The van der Waals surface area contributed by atoms with E-state index in [4.69, 9.17) is 4.74 Å². The molecule has 0 N–H and O–H groups in total. The molecule has 0 saturated carbocycles. The normalized spacial score (nSPS) is 17.3. The van der Waals surface area contributed by atoms with Gasteiger partial charge in [0, 0.05) is 18.3 Å². The van der Waals surface area contributed by atoms with Gasteiger partial charge in [0.05, 0.1) is 18.8 Å². The molecule has 1 atom stereocenters. The molecule has 1 aliphatic rings. The molecule has 0 bridgehead atoms. The molecule has 23 heavy (non-hydrogen) atoms. The van der Waals surface area contributed by atoms with Gasteiger partial charge in [-0.3, -0.25) is 4.79 Å². The first-order valence-electron chi connectivity index (χ1n) is 7.54. The Bertz CT molecular complexity index is 736. The number of benzene rings is 1. The Labute approximate surface area is 134 Å². The van der Waals surface area contributed by atoms with E-state index in [1.807, 2.05) is 13.0 Å². The minimum absolute atomic E-state index is 0.0886. The zero-order valence-corrected chi connectivity index (χ0v) is 13.1. The number of likely N-dealkylation sites (tertiary alicyclic amines) is 1. The van der Waals surface area contributed by atoms with Crippen LogP contribution in [-0.2, 0) is 0 Å². The van der Waals surface area contributed by atoms with Crippen LogP contribution in [-0.4, -0.2) is 34.4 Å². The Kier molecular flexibility index (Phi) is 4.23. The van der Waals surface area contributed by atoms with E-state index in [1.165, 1.54) is 19.2 Å². The molecule has 6 heteroatoms. The molecule has 3 rings (SSSR count). The number of halogens is 1.